The molecule has 0 fully saturated rings. The van der Waals surface area contributed by atoms with Gasteiger partial charge in [-0.2, -0.15) is 0 Å². The van der Waals surface area contributed by atoms with Gasteiger partial charge in [-0.3, -0.25) is 0 Å². The van der Waals surface area contributed by atoms with E-state index in [4.69, 9.17) is 5.11 Å². The first kappa shape index (κ1) is 14.5. The maximum atomic E-state index is 12.2. The smallest absolute Gasteiger partial charge is 0.478 e. The first-order valence-electron chi connectivity index (χ1n) is 3.98. The van der Waals surface area contributed by atoms with E-state index in [0.29, 0.717) is 0 Å². The van der Waals surface area contributed by atoms with E-state index in [2.05, 4.69) is 25.7 Å². The topological polar surface area (TPSA) is 59.4 Å². The van der Waals surface area contributed by atoms with Crippen molar-refractivity contribution in [2.24, 2.45) is 0 Å². The quantitative estimate of drug-likeness (QED) is 0.459. The summed E-state index contributed by atoms with van der Waals surface area (Å²) in [6.07, 6.45) is -3.90. The molecule has 0 aliphatic heterocycles. The molecule has 94 valence electrons. The second-order valence-electron chi connectivity index (χ2n) is 2.76. The zero-order valence-electron chi connectivity index (χ0n) is 7.89. The fraction of sp³-hybridized carbons (Fsp3) is 0.250. The monoisotopic (exact) mass is 425 g/mol. The van der Waals surface area contributed by atoms with Crippen LogP contribution >= 0.6 is 38.5 Å². The van der Waals surface area contributed by atoms with Gasteiger partial charge in [0, 0.05) is 17.1 Å². The molecule has 0 atom stereocenters. The van der Waals surface area contributed by atoms with Crippen molar-refractivity contribution in [3.05, 3.63) is 21.0 Å². The standard InChI is InChI=1S/C8H4BrF3INO3/c9-1-3-4(7(15)16)2-14-6(13)5(3)17-8(10,11)12/h2H,1H2,(H,15,16). The molecule has 4 nitrogen and oxygen atoms in total. The van der Waals surface area contributed by atoms with Crippen molar-refractivity contribution >= 4 is 44.5 Å². The van der Waals surface area contributed by atoms with Gasteiger partial charge >= 0.3 is 12.3 Å². The zero-order valence-corrected chi connectivity index (χ0v) is 11.6. The molecular formula is C8H4BrF3INO3. The average Bonchev–Trinajstić information content (AvgIpc) is 2.18. The Balaban J connectivity index is 3.35. The third-order valence-electron chi connectivity index (χ3n) is 1.68. The molecule has 17 heavy (non-hydrogen) atoms. The van der Waals surface area contributed by atoms with Gasteiger partial charge in [0.05, 0.1) is 5.56 Å². The molecule has 0 bridgehead atoms. The van der Waals surface area contributed by atoms with E-state index in [-0.39, 0.29) is 20.2 Å². The Kier molecular flexibility index (Phi) is 4.58. The van der Waals surface area contributed by atoms with Crippen molar-refractivity contribution in [3.63, 3.8) is 0 Å². The molecule has 0 saturated carbocycles. The van der Waals surface area contributed by atoms with E-state index in [0.717, 1.165) is 6.20 Å². The summed E-state index contributed by atoms with van der Waals surface area (Å²) in [6, 6.07) is 0. The van der Waals surface area contributed by atoms with Crippen molar-refractivity contribution in [2.45, 2.75) is 11.7 Å². The summed E-state index contributed by atoms with van der Waals surface area (Å²) in [7, 11) is 0. The Morgan fingerprint density at radius 2 is 2.18 bits per heavy atom. The number of carboxylic acid groups (broad SMARTS) is 1. The van der Waals surface area contributed by atoms with Crippen molar-refractivity contribution in [2.75, 3.05) is 0 Å². The summed E-state index contributed by atoms with van der Waals surface area (Å²) >= 11 is 4.47. The lowest BCUT2D eigenvalue weighted by Crippen LogP contribution is -2.20. The van der Waals surface area contributed by atoms with Crippen molar-refractivity contribution in [1.29, 1.82) is 0 Å². The van der Waals surface area contributed by atoms with Crippen LogP contribution in [0.5, 0.6) is 5.75 Å². The fourth-order valence-electron chi connectivity index (χ4n) is 1.04. The van der Waals surface area contributed by atoms with Crippen LogP contribution in [0.2, 0.25) is 0 Å². The van der Waals surface area contributed by atoms with Crippen molar-refractivity contribution in [1.82, 2.24) is 4.98 Å². The van der Waals surface area contributed by atoms with E-state index in [1.165, 1.54) is 22.6 Å². The van der Waals surface area contributed by atoms with Gasteiger partial charge in [0.15, 0.2) is 5.75 Å². The number of aromatic carboxylic acids is 1. The van der Waals surface area contributed by atoms with Crippen LogP contribution in [-0.4, -0.2) is 22.4 Å². The Labute approximate surface area is 115 Å². The minimum absolute atomic E-state index is 0.0561. The van der Waals surface area contributed by atoms with E-state index in [9.17, 15) is 18.0 Å². The Hall–Kier alpha value is -0.580. The first-order chi connectivity index (χ1) is 7.76. The minimum Gasteiger partial charge on any atom is -0.478 e. The van der Waals surface area contributed by atoms with Gasteiger partial charge in [-0.1, -0.05) is 15.9 Å². The maximum Gasteiger partial charge on any atom is 0.573 e. The SMILES string of the molecule is O=C(O)c1cnc(I)c(OC(F)(F)F)c1CBr. The lowest BCUT2D eigenvalue weighted by Gasteiger charge is -2.14. The Bertz CT molecular complexity index is 452. The highest BCUT2D eigenvalue weighted by molar-refractivity contribution is 14.1. The number of ether oxygens (including phenoxy) is 1. The molecule has 1 N–H and O–H groups in total. The number of carboxylic acids is 1. The molecule has 1 heterocycles. The van der Waals surface area contributed by atoms with Crippen LogP contribution in [0.3, 0.4) is 0 Å². The fourth-order valence-corrected chi connectivity index (χ4v) is 2.17. The molecule has 0 amide bonds. The van der Waals surface area contributed by atoms with Gasteiger partial charge < -0.3 is 9.84 Å². The Morgan fingerprint density at radius 1 is 1.59 bits per heavy atom. The normalized spacial score (nSPS) is 11.4. The van der Waals surface area contributed by atoms with Crippen LogP contribution in [0, 0.1) is 3.70 Å². The number of hydrogen-bond donors (Lipinski definition) is 1. The first-order valence-corrected chi connectivity index (χ1v) is 6.18. The van der Waals surface area contributed by atoms with Crippen LogP contribution < -0.4 is 4.74 Å². The number of hydrogen-bond acceptors (Lipinski definition) is 3. The predicted octanol–water partition coefficient (Wildman–Crippen LogP) is 3.18. The molecular weight excluding hydrogens is 422 g/mol. The molecule has 0 unspecified atom stereocenters. The van der Waals surface area contributed by atoms with Gasteiger partial charge in [-0.15, -0.1) is 13.2 Å². The van der Waals surface area contributed by atoms with E-state index in [1.54, 1.807) is 0 Å². The number of aromatic nitrogens is 1. The van der Waals surface area contributed by atoms with Crippen molar-refractivity contribution in [3.8, 4) is 5.75 Å². The molecule has 0 aromatic carbocycles. The zero-order chi connectivity index (χ0) is 13.2. The molecule has 1 aromatic rings. The van der Waals surface area contributed by atoms with E-state index < -0.39 is 18.1 Å². The third kappa shape index (κ3) is 3.69. The predicted molar refractivity (Wildman–Crippen MR) is 63.2 cm³/mol. The van der Waals surface area contributed by atoms with Crippen LogP contribution in [0.15, 0.2) is 6.20 Å². The molecule has 0 saturated heterocycles. The Morgan fingerprint density at radius 3 is 2.59 bits per heavy atom. The number of carbonyl (C=O) groups is 1. The largest absolute Gasteiger partial charge is 0.573 e. The summed E-state index contributed by atoms with van der Waals surface area (Å²) in [4.78, 5) is 14.4. The summed E-state index contributed by atoms with van der Waals surface area (Å²) in [5, 5.41) is 8.73. The summed E-state index contributed by atoms with van der Waals surface area (Å²) < 4.78 is 40.2. The minimum atomic E-state index is -4.89. The number of halogens is 5. The highest BCUT2D eigenvalue weighted by atomic mass is 127. The second kappa shape index (κ2) is 5.38. The number of alkyl halides is 4. The van der Waals surface area contributed by atoms with Gasteiger partial charge in [0.2, 0.25) is 0 Å². The molecule has 0 aliphatic carbocycles. The van der Waals surface area contributed by atoms with Gasteiger partial charge in [-0.25, -0.2) is 9.78 Å². The van der Waals surface area contributed by atoms with Crippen molar-refractivity contribution < 1.29 is 27.8 Å². The molecule has 9 heteroatoms. The second-order valence-corrected chi connectivity index (χ2v) is 4.34. The lowest BCUT2D eigenvalue weighted by atomic mass is 10.1. The molecule has 0 radical (unpaired) electrons. The highest BCUT2D eigenvalue weighted by Crippen LogP contribution is 2.33. The van der Waals surface area contributed by atoms with Crippen LogP contribution in [0.25, 0.3) is 0 Å². The lowest BCUT2D eigenvalue weighted by molar-refractivity contribution is -0.275. The molecule has 1 aromatic heterocycles. The van der Waals surface area contributed by atoms with Crippen LogP contribution in [0.4, 0.5) is 13.2 Å². The average molecular weight is 426 g/mol. The van der Waals surface area contributed by atoms with Crippen LogP contribution in [-0.2, 0) is 5.33 Å². The number of rotatable bonds is 3. The summed E-state index contributed by atoms with van der Waals surface area (Å²) in [5.74, 6) is -1.95. The maximum absolute atomic E-state index is 12.2. The molecule has 0 aliphatic rings. The summed E-state index contributed by atoms with van der Waals surface area (Å²) in [6.45, 7) is 0. The number of nitrogens with zero attached hydrogens (tertiary/aromatic N) is 1. The van der Waals surface area contributed by atoms with E-state index in [1.807, 2.05) is 0 Å². The summed E-state index contributed by atoms with van der Waals surface area (Å²) in [5.41, 5.74) is -0.434. The molecule has 1 rings (SSSR count). The third-order valence-corrected chi connectivity index (χ3v) is 3.00. The van der Waals surface area contributed by atoms with Gasteiger partial charge in [0.1, 0.15) is 3.70 Å². The van der Waals surface area contributed by atoms with E-state index >= 15 is 0 Å². The highest BCUT2D eigenvalue weighted by Gasteiger charge is 2.34. The number of pyridine rings is 1. The molecule has 0 spiro atoms. The van der Waals surface area contributed by atoms with Crippen LogP contribution in [0.1, 0.15) is 15.9 Å². The van der Waals surface area contributed by atoms with Gasteiger partial charge in [0.25, 0.3) is 0 Å². The van der Waals surface area contributed by atoms with Gasteiger partial charge in [-0.05, 0) is 22.6 Å².